The molecule has 2 rings (SSSR count). The molecule has 0 aliphatic carbocycles. The normalized spacial score (nSPS) is 13.4. The van der Waals surface area contributed by atoms with Crippen LogP contribution in [0.15, 0.2) is 41.8 Å². The van der Waals surface area contributed by atoms with Crippen molar-refractivity contribution in [3.8, 4) is 0 Å². The van der Waals surface area contributed by atoms with Gasteiger partial charge in [-0.15, -0.1) is 11.8 Å². The minimum Gasteiger partial charge on any atom is -0.253 e. The first-order chi connectivity index (χ1) is 9.45. The third-order valence-corrected chi connectivity index (χ3v) is 4.79. The molecule has 0 spiro atoms. The number of thioether (sulfide) groups is 1. The van der Waals surface area contributed by atoms with Gasteiger partial charge in [0.15, 0.2) is 0 Å². The fourth-order valence-electron chi connectivity index (χ4n) is 1.86. The number of benzene rings is 1. The van der Waals surface area contributed by atoms with Crippen molar-refractivity contribution in [2.24, 2.45) is 11.3 Å². The minimum atomic E-state index is 0.228. The van der Waals surface area contributed by atoms with Gasteiger partial charge in [0.25, 0.3) is 0 Å². The monoisotopic (exact) mass is 309 g/mol. The summed E-state index contributed by atoms with van der Waals surface area (Å²) in [5.74, 6) is 1.57. The zero-order valence-electron chi connectivity index (χ0n) is 12.1. The molecule has 20 heavy (non-hydrogen) atoms. The van der Waals surface area contributed by atoms with Gasteiger partial charge in [-0.3, -0.25) is 4.68 Å². The summed E-state index contributed by atoms with van der Waals surface area (Å²) in [4.78, 5) is 5.27. The maximum Gasteiger partial charge on any atom is 0.137 e. The number of hydrogen-bond acceptors (Lipinski definition) is 3. The first-order valence-corrected chi connectivity index (χ1v) is 8.02. The number of nitrogens with zero attached hydrogens (tertiary/aromatic N) is 3. The molecule has 1 atom stereocenters. The number of halogens is 1. The second-order valence-electron chi connectivity index (χ2n) is 5.95. The predicted molar refractivity (Wildman–Crippen MR) is 85.1 cm³/mol. The molecular formula is C15H20ClN3S. The summed E-state index contributed by atoms with van der Waals surface area (Å²) in [6, 6.07) is 8.02. The predicted octanol–water partition coefficient (Wildman–Crippen LogP) is 4.39. The Balaban J connectivity index is 1.99. The lowest BCUT2D eigenvalue weighted by Crippen LogP contribution is -2.27. The van der Waals surface area contributed by atoms with Gasteiger partial charge in [-0.05, 0) is 35.6 Å². The van der Waals surface area contributed by atoms with E-state index in [0.29, 0.717) is 5.92 Å². The van der Waals surface area contributed by atoms with Gasteiger partial charge in [0.1, 0.15) is 12.7 Å². The lowest BCUT2D eigenvalue weighted by molar-refractivity contribution is 0.230. The molecule has 0 radical (unpaired) electrons. The van der Waals surface area contributed by atoms with Gasteiger partial charge >= 0.3 is 0 Å². The Kier molecular flexibility index (Phi) is 5.11. The highest BCUT2D eigenvalue weighted by Gasteiger charge is 2.25. The maximum absolute atomic E-state index is 5.91. The number of hydrogen-bond donors (Lipinski definition) is 0. The Morgan fingerprint density at radius 1 is 1.25 bits per heavy atom. The lowest BCUT2D eigenvalue weighted by atomic mass is 9.82. The molecule has 1 aromatic carbocycles. The van der Waals surface area contributed by atoms with Crippen LogP contribution in [0.5, 0.6) is 0 Å². The second-order valence-corrected chi connectivity index (χ2v) is 7.48. The first kappa shape index (κ1) is 15.4. The summed E-state index contributed by atoms with van der Waals surface area (Å²) in [6.45, 7) is 7.72. The fourth-order valence-corrected chi connectivity index (χ4v) is 3.31. The summed E-state index contributed by atoms with van der Waals surface area (Å²) in [5.41, 5.74) is 0.228. The zero-order chi connectivity index (χ0) is 14.6. The Bertz CT molecular complexity index is 517. The van der Waals surface area contributed by atoms with Crippen LogP contribution in [0.3, 0.4) is 0 Å². The van der Waals surface area contributed by atoms with Gasteiger partial charge in [0.05, 0.1) is 0 Å². The smallest absolute Gasteiger partial charge is 0.137 e. The average Bonchev–Trinajstić information content (AvgIpc) is 2.88. The minimum absolute atomic E-state index is 0.228. The van der Waals surface area contributed by atoms with Crippen LogP contribution >= 0.6 is 23.4 Å². The van der Waals surface area contributed by atoms with Gasteiger partial charge in [-0.25, -0.2) is 4.98 Å². The summed E-state index contributed by atoms with van der Waals surface area (Å²) in [5, 5.41) is 5.00. The number of aromatic nitrogens is 3. The molecular weight excluding hydrogens is 290 g/mol. The Labute approximate surface area is 129 Å². The third-order valence-electron chi connectivity index (χ3n) is 3.36. The van der Waals surface area contributed by atoms with Crippen LogP contribution in [-0.4, -0.2) is 20.5 Å². The zero-order valence-corrected chi connectivity index (χ0v) is 13.7. The van der Waals surface area contributed by atoms with E-state index in [4.69, 9.17) is 11.6 Å². The molecule has 0 bridgehead atoms. The molecule has 1 heterocycles. The van der Waals surface area contributed by atoms with E-state index in [0.717, 1.165) is 17.3 Å². The Hall–Kier alpha value is -1.00. The van der Waals surface area contributed by atoms with Gasteiger partial charge in [-0.1, -0.05) is 32.4 Å². The standard InChI is InChI=1S/C15H20ClN3S/c1-15(2,3)12(8-19-11-17-10-18-19)9-20-14-6-4-13(16)5-7-14/h4-7,10-12H,8-9H2,1-3H3. The summed E-state index contributed by atoms with van der Waals surface area (Å²) in [7, 11) is 0. The van der Waals surface area contributed by atoms with Crippen LogP contribution in [0.25, 0.3) is 0 Å². The summed E-state index contributed by atoms with van der Waals surface area (Å²) >= 11 is 7.78. The van der Waals surface area contributed by atoms with E-state index >= 15 is 0 Å². The van der Waals surface area contributed by atoms with Crippen molar-refractivity contribution in [2.75, 3.05) is 5.75 Å². The Morgan fingerprint density at radius 3 is 2.50 bits per heavy atom. The van der Waals surface area contributed by atoms with Crippen molar-refractivity contribution in [2.45, 2.75) is 32.2 Å². The molecule has 3 nitrogen and oxygen atoms in total. The molecule has 0 aliphatic heterocycles. The summed E-state index contributed by atoms with van der Waals surface area (Å²) < 4.78 is 1.92. The van der Waals surface area contributed by atoms with Crippen LogP contribution in [-0.2, 0) is 6.54 Å². The molecule has 5 heteroatoms. The highest BCUT2D eigenvalue weighted by atomic mass is 35.5. The van der Waals surface area contributed by atoms with Crippen LogP contribution in [0, 0.1) is 11.3 Å². The van der Waals surface area contributed by atoms with Gasteiger partial charge in [0.2, 0.25) is 0 Å². The van der Waals surface area contributed by atoms with Crippen LogP contribution in [0.1, 0.15) is 20.8 Å². The van der Waals surface area contributed by atoms with E-state index in [9.17, 15) is 0 Å². The van der Waals surface area contributed by atoms with Crippen LogP contribution in [0.2, 0.25) is 5.02 Å². The molecule has 0 aliphatic rings. The van der Waals surface area contributed by atoms with Crippen molar-refractivity contribution < 1.29 is 0 Å². The van der Waals surface area contributed by atoms with Crippen molar-refractivity contribution in [1.82, 2.24) is 14.8 Å². The first-order valence-electron chi connectivity index (χ1n) is 6.66. The molecule has 1 aromatic heterocycles. The lowest BCUT2D eigenvalue weighted by Gasteiger charge is -2.30. The van der Waals surface area contributed by atoms with Crippen molar-refractivity contribution in [3.63, 3.8) is 0 Å². The van der Waals surface area contributed by atoms with Crippen molar-refractivity contribution >= 4 is 23.4 Å². The highest BCUT2D eigenvalue weighted by molar-refractivity contribution is 7.99. The second kappa shape index (κ2) is 6.64. The fraction of sp³-hybridized carbons (Fsp3) is 0.467. The van der Waals surface area contributed by atoms with Gasteiger partial charge in [-0.2, -0.15) is 5.10 Å². The van der Waals surface area contributed by atoms with Crippen molar-refractivity contribution in [3.05, 3.63) is 41.9 Å². The SMILES string of the molecule is CC(C)(C)C(CSc1ccc(Cl)cc1)Cn1cncn1. The average molecular weight is 310 g/mol. The highest BCUT2D eigenvalue weighted by Crippen LogP contribution is 2.33. The topological polar surface area (TPSA) is 30.7 Å². The maximum atomic E-state index is 5.91. The third kappa shape index (κ3) is 4.53. The van der Waals surface area contributed by atoms with E-state index in [2.05, 4.69) is 43.0 Å². The van der Waals surface area contributed by atoms with E-state index < -0.39 is 0 Å². The van der Waals surface area contributed by atoms with E-state index in [-0.39, 0.29) is 5.41 Å². The van der Waals surface area contributed by atoms with E-state index in [1.807, 2.05) is 28.6 Å². The molecule has 0 N–H and O–H groups in total. The largest absolute Gasteiger partial charge is 0.253 e. The van der Waals surface area contributed by atoms with Crippen LogP contribution < -0.4 is 0 Å². The quantitative estimate of drug-likeness (QED) is 0.768. The van der Waals surface area contributed by atoms with Gasteiger partial charge < -0.3 is 0 Å². The molecule has 2 aromatic rings. The van der Waals surface area contributed by atoms with E-state index in [1.165, 1.54) is 4.90 Å². The van der Waals surface area contributed by atoms with Crippen molar-refractivity contribution in [1.29, 1.82) is 0 Å². The molecule has 0 saturated carbocycles. The van der Waals surface area contributed by atoms with Gasteiger partial charge in [0, 0.05) is 22.2 Å². The molecule has 1 unspecified atom stereocenters. The molecule has 0 amide bonds. The van der Waals surface area contributed by atoms with Crippen LogP contribution in [0.4, 0.5) is 0 Å². The molecule has 0 fully saturated rings. The summed E-state index contributed by atoms with van der Waals surface area (Å²) in [6.07, 6.45) is 3.37. The van der Waals surface area contributed by atoms with E-state index in [1.54, 1.807) is 12.7 Å². The number of rotatable bonds is 5. The Morgan fingerprint density at radius 2 is 1.95 bits per heavy atom. The molecule has 108 valence electrons. The molecule has 0 saturated heterocycles.